The first-order chi connectivity index (χ1) is 5.65. The normalized spacial score (nSPS) is 31.8. The van der Waals surface area contributed by atoms with Gasteiger partial charge in [0, 0.05) is 31.6 Å². The van der Waals surface area contributed by atoms with Gasteiger partial charge in [0.15, 0.2) is 0 Å². The van der Waals surface area contributed by atoms with Gasteiger partial charge in [-0.15, -0.1) is 0 Å². The van der Waals surface area contributed by atoms with Crippen molar-refractivity contribution in [3.63, 3.8) is 0 Å². The smallest absolute Gasteiger partial charge is 0.0719 e. The number of likely N-dealkylation sites (tertiary alicyclic amines) is 1. The molecule has 0 aromatic rings. The third kappa shape index (κ3) is 2.19. The SMILES string of the molecule is CNCC1CN(C(C)C)CC1O. The van der Waals surface area contributed by atoms with E-state index in [0.29, 0.717) is 12.0 Å². The largest absolute Gasteiger partial charge is 0.391 e. The summed E-state index contributed by atoms with van der Waals surface area (Å²) < 4.78 is 0. The first kappa shape index (κ1) is 9.96. The molecule has 0 bridgehead atoms. The molecule has 1 rings (SSSR count). The van der Waals surface area contributed by atoms with E-state index in [9.17, 15) is 5.11 Å². The van der Waals surface area contributed by atoms with Gasteiger partial charge in [0.1, 0.15) is 0 Å². The highest BCUT2D eigenvalue weighted by atomic mass is 16.3. The fourth-order valence-electron chi connectivity index (χ4n) is 1.77. The van der Waals surface area contributed by atoms with Gasteiger partial charge in [-0.25, -0.2) is 0 Å². The van der Waals surface area contributed by atoms with E-state index < -0.39 is 0 Å². The maximum atomic E-state index is 9.66. The fraction of sp³-hybridized carbons (Fsp3) is 1.00. The number of hydrogen-bond acceptors (Lipinski definition) is 3. The molecule has 0 amide bonds. The third-order valence-electron chi connectivity index (χ3n) is 2.63. The molecule has 72 valence electrons. The Hall–Kier alpha value is -0.120. The number of rotatable bonds is 3. The first-order valence-electron chi connectivity index (χ1n) is 4.72. The summed E-state index contributed by atoms with van der Waals surface area (Å²) in [5.41, 5.74) is 0. The molecule has 3 nitrogen and oxygen atoms in total. The zero-order valence-electron chi connectivity index (χ0n) is 8.25. The highest BCUT2D eigenvalue weighted by molar-refractivity contribution is 4.85. The number of aliphatic hydroxyl groups excluding tert-OH is 1. The molecule has 0 radical (unpaired) electrons. The summed E-state index contributed by atoms with van der Waals surface area (Å²) in [6.45, 7) is 7.14. The molecule has 2 N–H and O–H groups in total. The second-order valence-corrected chi connectivity index (χ2v) is 3.93. The summed E-state index contributed by atoms with van der Waals surface area (Å²) in [6.07, 6.45) is -0.139. The van der Waals surface area contributed by atoms with Crippen molar-refractivity contribution < 1.29 is 5.11 Å². The van der Waals surface area contributed by atoms with Crippen molar-refractivity contribution in [3.05, 3.63) is 0 Å². The lowest BCUT2D eigenvalue weighted by molar-refractivity contribution is 0.138. The van der Waals surface area contributed by atoms with Gasteiger partial charge in [0.05, 0.1) is 6.10 Å². The molecular formula is C9H20N2O. The first-order valence-corrected chi connectivity index (χ1v) is 4.72. The second kappa shape index (κ2) is 4.21. The van der Waals surface area contributed by atoms with E-state index in [2.05, 4.69) is 24.1 Å². The van der Waals surface area contributed by atoms with Gasteiger partial charge in [-0.1, -0.05) is 0 Å². The van der Waals surface area contributed by atoms with Crippen LogP contribution in [0.2, 0.25) is 0 Å². The molecule has 0 aromatic heterocycles. The average molecular weight is 172 g/mol. The molecule has 1 fully saturated rings. The summed E-state index contributed by atoms with van der Waals surface area (Å²) in [6, 6.07) is 0.557. The standard InChI is InChI=1S/C9H20N2O/c1-7(2)11-5-8(4-10-3)9(12)6-11/h7-10,12H,4-6H2,1-3H3. The molecule has 1 aliphatic heterocycles. The van der Waals surface area contributed by atoms with Crippen molar-refractivity contribution in [2.75, 3.05) is 26.7 Å². The van der Waals surface area contributed by atoms with E-state index in [0.717, 1.165) is 19.6 Å². The molecule has 0 spiro atoms. The molecule has 0 saturated carbocycles. The van der Waals surface area contributed by atoms with E-state index in [1.54, 1.807) is 0 Å². The molecule has 0 aromatic carbocycles. The maximum absolute atomic E-state index is 9.66. The van der Waals surface area contributed by atoms with Gasteiger partial charge in [0.25, 0.3) is 0 Å². The van der Waals surface area contributed by atoms with Gasteiger partial charge >= 0.3 is 0 Å². The highest BCUT2D eigenvalue weighted by Gasteiger charge is 2.31. The monoisotopic (exact) mass is 172 g/mol. The number of aliphatic hydroxyl groups is 1. The van der Waals surface area contributed by atoms with Crippen LogP contribution in [0.1, 0.15) is 13.8 Å². The fourth-order valence-corrected chi connectivity index (χ4v) is 1.77. The number of nitrogens with one attached hydrogen (secondary N) is 1. The van der Waals surface area contributed by atoms with Crippen LogP contribution in [-0.4, -0.2) is 48.8 Å². The van der Waals surface area contributed by atoms with Crippen LogP contribution in [0, 0.1) is 5.92 Å². The van der Waals surface area contributed by atoms with Crippen LogP contribution in [-0.2, 0) is 0 Å². The third-order valence-corrected chi connectivity index (χ3v) is 2.63. The molecule has 1 aliphatic rings. The zero-order chi connectivity index (χ0) is 9.14. The van der Waals surface area contributed by atoms with Gasteiger partial charge < -0.3 is 10.4 Å². The summed E-state index contributed by atoms with van der Waals surface area (Å²) in [5.74, 6) is 0.414. The number of β-amino-alcohol motifs (C(OH)–C–C–N with tert-alkyl or cyclic N) is 1. The average Bonchev–Trinajstić information content (AvgIpc) is 2.34. The van der Waals surface area contributed by atoms with E-state index in [1.807, 2.05) is 7.05 Å². The minimum atomic E-state index is -0.139. The Balaban J connectivity index is 2.39. The quantitative estimate of drug-likeness (QED) is 0.624. The lowest BCUT2D eigenvalue weighted by Gasteiger charge is -2.19. The second-order valence-electron chi connectivity index (χ2n) is 3.93. The number of hydrogen-bond donors (Lipinski definition) is 2. The Morgan fingerprint density at radius 1 is 1.50 bits per heavy atom. The van der Waals surface area contributed by atoms with Crippen molar-refractivity contribution in [2.24, 2.45) is 5.92 Å². The Morgan fingerprint density at radius 2 is 2.17 bits per heavy atom. The number of nitrogens with zero attached hydrogens (tertiary/aromatic N) is 1. The molecule has 1 saturated heterocycles. The van der Waals surface area contributed by atoms with E-state index in [-0.39, 0.29) is 6.10 Å². The van der Waals surface area contributed by atoms with Crippen LogP contribution in [0.25, 0.3) is 0 Å². The Bertz CT molecular complexity index is 138. The van der Waals surface area contributed by atoms with Crippen LogP contribution in [0.3, 0.4) is 0 Å². The molecular weight excluding hydrogens is 152 g/mol. The predicted molar refractivity (Wildman–Crippen MR) is 50.1 cm³/mol. The van der Waals surface area contributed by atoms with Crippen LogP contribution in [0.15, 0.2) is 0 Å². The van der Waals surface area contributed by atoms with Crippen molar-refractivity contribution in [3.8, 4) is 0 Å². The molecule has 12 heavy (non-hydrogen) atoms. The summed E-state index contributed by atoms with van der Waals surface area (Å²) in [4.78, 5) is 2.33. The van der Waals surface area contributed by atoms with Gasteiger partial charge in [0.2, 0.25) is 0 Å². The Labute approximate surface area is 74.8 Å². The van der Waals surface area contributed by atoms with Crippen LogP contribution < -0.4 is 5.32 Å². The van der Waals surface area contributed by atoms with Crippen molar-refractivity contribution in [2.45, 2.75) is 26.0 Å². The molecule has 2 atom stereocenters. The summed E-state index contributed by atoms with van der Waals surface area (Å²) in [5, 5.41) is 12.8. The zero-order valence-corrected chi connectivity index (χ0v) is 8.25. The maximum Gasteiger partial charge on any atom is 0.0719 e. The molecule has 1 heterocycles. The Kier molecular flexibility index (Phi) is 3.50. The lowest BCUT2D eigenvalue weighted by atomic mass is 10.1. The van der Waals surface area contributed by atoms with E-state index in [1.165, 1.54) is 0 Å². The minimum absolute atomic E-state index is 0.139. The molecule has 2 unspecified atom stereocenters. The van der Waals surface area contributed by atoms with Crippen LogP contribution >= 0.6 is 0 Å². The van der Waals surface area contributed by atoms with Crippen LogP contribution in [0.5, 0.6) is 0 Å². The van der Waals surface area contributed by atoms with Gasteiger partial charge in [-0.3, -0.25) is 4.90 Å². The summed E-state index contributed by atoms with van der Waals surface area (Å²) in [7, 11) is 1.94. The molecule has 0 aliphatic carbocycles. The van der Waals surface area contributed by atoms with E-state index in [4.69, 9.17) is 0 Å². The Morgan fingerprint density at radius 3 is 2.58 bits per heavy atom. The van der Waals surface area contributed by atoms with Crippen LogP contribution in [0.4, 0.5) is 0 Å². The molecule has 3 heteroatoms. The topological polar surface area (TPSA) is 35.5 Å². The lowest BCUT2D eigenvalue weighted by Crippen LogP contribution is -2.29. The highest BCUT2D eigenvalue weighted by Crippen LogP contribution is 2.18. The minimum Gasteiger partial charge on any atom is -0.391 e. The van der Waals surface area contributed by atoms with Crippen molar-refractivity contribution >= 4 is 0 Å². The van der Waals surface area contributed by atoms with E-state index >= 15 is 0 Å². The predicted octanol–water partition coefficient (Wildman–Crippen LogP) is -0.0931. The van der Waals surface area contributed by atoms with Crippen molar-refractivity contribution in [1.82, 2.24) is 10.2 Å². The van der Waals surface area contributed by atoms with Gasteiger partial charge in [-0.2, -0.15) is 0 Å². The van der Waals surface area contributed by atoms with Crippen molar-refractivity contribution in [1.29, 1.82) is 0 Å². The summed E-state index contributed by atoms with van der Waals surface area (Å²) >= 11 is 0. The van der Waals surface area contributed by atoms with Gasteiger partial charge in [-0.05, 0) is 20.9 Å².